The summed E-state index contributed by atoms with van der Waals surface area (Å²) >= 11 is 4.57. The third kappa shape index (κ3) is 3.51. The summed E-state index contributed by atoms with van der Waals surface area (Å²) in [6.45, 7) is 0. The second-order valence-corrected chi connectivity index (χ2v) is 7.66. The van der Waals surface area contributed by atoms with Crippen molar-refractivity contribution in [1.29, 1.82) is 0 Å². The van der Waals surface area contributed by atoms with E-state index < -0.39 is 10.0 Å². The molecule has 0 saturated heterocycles. The van der Waals surface area contributed by atoms with E-state index in [1.54, 1.807) is 24.4 Å². The molecule has 0 unspecified atom stereocenters. The smallest absolute Gasteiger partial charge is 0.241 e. The number of hydrogen-bond acceptors (Lipinski definition) is 5. The molecule has 0 aliphatic carbocycles. The molecule has 0 aliphatic heterocycles. The summed E-state index contributed by atoms with van der Waals surface area (Å²) in [4.78, 5) is 4.94. The first-order chi connectivity index (χ1) is 9.42. The number of nitrogens with zero attached hydrogens (tertiary/aromatic N) is 1. The number of pyridine rings is 1. The highest BCUT2D eigenvalue weighted by molar-refractivity contribution is 9.10. The van der Waals surface area contributed by atoms with Gasteiger partial charge >= 0.3 is 0 Å². The maximum Gasteiger partial charge on any atom is 0.241 e. The number of nitrogens with two attached hydrogens (primary N) is 1. The van der Waals surface area contributed by atoms with Crippen molar-refractivity contribution in [3.05, 3.63) is 41.0 Å². The van der Waals surface area contributed by atoms with Gasteiger partial charge in [0.15, 0.2) is 0 Å². The fourth-order valence-electron chi connectivity index (χ4n) is 1.46. The van der Waals surface area contributed by atoms with Gasteiger partial charge in [-0.25, -0.2) is 18.1 Å². The van der Waals surface area contributed by atoms with Crippen molar-refractivity contribution in [3.63, 3.8) is 0 Å². The summed E-state index contributed by atoms with van der Waals surface area (Å²) in [5.41, 5.74) is 6.06. The van der Waals surface area contributed by atoms with Crippen LogP contribution in [0.3, 0.4) is 0 Å². The molecule has 1 aromatic heterocycles. The number of halogens is 1. The van der Waals surface area contributed by atoms with Crippen molar-refractivity contribution in [2.24, 2.45) is 0 Å². The zero-order valence-electron chi connectivity index (χ0n) is 10.5. The number of rotatable bonds is 4. The van der Waals surface area contributed by atoms with Gasteiger partial charge in [-0.05, 0) is 53.3 Å². The van der Waals surface area contributed by atoms with Gasteiger partial charge in [0.25, 0.3) is 0 Å². The zero-order valence-corrected chi connectivity index (χ0v) is 13.7. The first-order valence-electron chi connectivity index (χ1n) is 5.55. The molecule has 0 radical (unpaired) electrons. The Morgan fingerprint density at radius 1 is 1.30 bits per heavy atom. The molecule has 1 heterocycles. The molecule has 2 aromatic rings. The molecule has 106 valence electrons. The molecule has 0 saturated carbocycles. The van der Waals surface area contributed by atoms with Gasteiger partial charge in [0.05, 0.1) is 4.90 Å². The SMILES string of the molecule is CNS(=O)(=O)c1cc(N)ccc1Sc1ccc(Br)cn1. The highest BCUT2D eigenvalue weighted by atomic mass is 79.9. The molecule has 0 spiro atoms. The second kappa shape index (κ2) is 6.13. The number of anilines is 1. The van der Waals surface area contributed by atoms with E-state index in [1.165, 1.54) is 24.9 Å². The second-order valence-electron chi connectivity index (χ2n) is 3.83. The Hall–Kier alpha value is -1.09. The largest absolute Gasteiger partial charge is 0.399 e. The standard InChI is InChI=1S/C12H12BrN3O2S2/c1-15-20(17,18)11-6-9(14)3-4-10(11)19-12-5-2-8(13)7-16-12/h2-7,15H,14H2,1H3. The minimum Gasteiger partial charge on any atom is -0.399 e. The van der Waals surface area contributed by atoms with Crippen LogP contribution in [0.5, 0.6) is 0 Å². The number of nitrogens with one attached hydrogen (secondary N) is 1. The lowest BCUT2D eigenvalue weighted by Gasteiger charge is -2.10. The molecular weight excluding hydrogens is 362 g/mol. The minimum absolute atomic E-state index is 0.148. The van der Waals surface area contributed by atoms with Crippen LogP contribution in [0.4, 0.5) is 5.69 Å². The first-order valence-corrected chi connectivity index (χ1v) is 8.64. The monoisotopic (exact) mass is 373 g/mol. The van der Waals surface area contributed by atoms with Gasteiger partial charge in [-0.1, -0.05) is 11.8 Å². The van der Waals surface area contributed by atoms with Crippen molar-refractivity contribution in [2.45, 2.75) is 14.8 Å². The van der Waals surface area contributed by atoms with Gasteiger partial charge in [-0.15, -0.1) is 0 Å². The Labute approximate surface area is 130 Å². The van der Waals surface area contributed by atoms with E-state index in [9.17, 15) is 8.42 Å². The van der Waals surface area contributed by atoms with Gasteiger partial charge < -0.3 is 5.73 Å². The molecule has 20 heavy (non-hydrogen) atoms. The molecule has 0 fully saturated rings. The molecule has 0 bridgehead atoms. The molecule has 3 N–H and O–H groups in total. The Kier molecular flexibility index (Phi) is 4.69. The highest BCUT2D eigenvalue weighted by Gasteiger charge is 2.18. The molecule has 0 atom stereocenters. The van der Waals surface area contributed by atoms with E-state index in [2.05, 4.69) is 25.6 Å². The Morgan fingerprint density at radius 2 is 2.05 bits per heavy atom. The van der Waals surface area contributed by atoms with Gasteiger partial charge in [-0.3, -0.25) is 0 Å². The molecule has 0 aliphatic rings. The predicted molar refractivity (Wildman–Crippen MR) is 83.2 cm³/mol. The summed E-state index contributed by atoms with van der Waals surface area (Å²) in [5.74, 6) is 0. The van der Waals surface area contributed by atoms with Crippen molar-refractivity contribution in [1.82, 2.24) is 9.71 Å². The molecular formula is C12H12BrN3O2S2. The van der Waals surface area contributed by atoms with Crippen LogP contribution in [0.25, 0.3) is 0 Å². The molecule has 8 heteroatoms. The van der Waals surface area contributed by atoms with Gasteiger partial charge in [0.1, 0.15) is 5.03 Å². The quantitative estimate of drug-likeness (QED) is 0.804. The van der Waals surface area contributed by atoms with Crippen LogP contribution in [0.2, 0.25) is 0 Å². The topological polar surface area (TPSA) is 85.1 Å². The third-order valence-electron chi connectivity index (χ3n) is 2.44. The summed E-state index contributed by atoms with van der Waals surface area (Å²) in [7, 11) is -2.20. The summed E-state index contributed by atoms with van der Waals surface area (Å²) < 4.78 is 27.2. The Morgan fingerprint density at radius 3 is 2.65 bits per heavy atom. The van der Waals surface area contributed by atoms with Crippen LogP contribution in [0.15, 0.2) is 55.8 Å². The van der Waals surface area contributed by atoms with Gasteiger partial charge in [0, 0.05) is 21.3 Å². The molecule has 1 aromatic carbocycles. The predicted octanol–water partition coefficient (Wildman–Crippen LogP) is 2.49. The molecule has 0 amide bonds. The van der Waals surface area contributed by atoms with E-state index in [0.717, 1.165) is 4.47 Å². The summed E-state index contributed by atoms with van der Waals surface area (Å²) in [5, 5.41) is 0.700. The van der Waals surface area contributed by atoms with E-state index >= 15 is 0 Å². The number of benzene rings is 1. The average Bonchev–Trinajstić information content (AvgIpc) is 2.43. The van der Waals surface area contributed by atoms with Gasteiger partial charge in [-0.2, -0.15) is 0 Å². The van der Waals surface area contributed by atoms with Crippen LogP contribution in [-0.2, 0) is 10.0 Å². The van der Waals surface area contributed by atoms with E-state index in [-0.39, 0.29) is 4.90 Å². The first kappa shape index (κ1) is 15.3. The van der Waals surface area contributed by atoms with Crippen LogP contribution in [-0.4, -0.2) is 20.4 Å². The fourth-order valence-corrected chi connectivity index (χ4v) is 3.76. The number of nitrogen functional groups attached to an aromatic ring is 1. The Balaban J connectivity index is 2.44. The number of sulfonamides is 1. The van der Waals surface area contributed by atoms with Crippen molar-refractivity contribution in [3.8, 4) is 0 Å². The maximum atomic E-state index is 12.0. The van der Waals surface area contributed by atoms with Crippen LogP contribution in [0.1, 0.15) is 0 Å². The normalized spacial score (nSPS) is 11.5. The van der Waals surface area contributed by atoms with Crippen molar-refractivity contribution in [2.75, 3.05) is 12.8 Å². The van der Waals surface area contributed by atoms with Crippen molar-refractivity contribution < 1.29 is 8.42 Å². The minimum atomic E-state index is -3.57. The summed E-state index contributed by atoms with van der Waals surface area (Å²) in [6.07, 6.45) is 1.66. The fraction of sp³-hybridized carbons (Fsp3) is 0.0833. The average molecular weight is 374 g/mol. The van der Waals surface area contributed by atoms with Gasteiger partial charge in [0.2, 0.25) is 10.0 Å². The molecule has 2 rings (SSSR count). The lowest BCUT2D eigenvalue weighted by atomic mass is 10.3. The molecule has 5 nitrogen and oxygen atoms in total. The van der Waals surface area contributed by atoms with E-state index in [1.807, 2.05) is 6.07 Å². The highest BCUT2D eigenvalue weighted by Crippen LogP contribution is 2.33. The lowest BCUT2D eigenvalue weighted by Crippen LogP contribution is -2.19. The van der Waals surface area contributed by atoms with E-state index in [0.29, 0.717) is 15.6 Å². The Bertz CT molecular complexity index is 718. The number of hydrogen-bond donors (Lipinski definition) is 2. The maximum absolute atomic E-state index is 12.0. The number of aromatic nitrogens is 1. The summed E-state index contributed by atoms with van der Waals surface area (Å²) in [6, 6.07) is 8.43. The third-order valence-corrected chi connectivity index (χ3v) is 5.52. The zero-order chi connectivity index (χ0) is 14.8. The van der Waals surface area contributed by atoms with E-state index in [4.69, 9.17) is 5.73 Å². The van der Waals surface area contributed by atoms with Crippen LogP contribution < -0.4 is 10.5 Å². The lowest BCUT2D eigenvalue weighted by molar-refractivity contribution is 0.586. The van der Waals surface area contributed by atoms with Crippen LogP contribution in [0, 0.1) is 0 Å². The van der Waals surface area contributed by atoms with Crippen LogP contribution >= 0.6 is 27.7 Å². The van der Waals surface area contributed by atoms with Crippen molar-refractivity contribution >= 4 is 43.4 Å².